The third-order valence-corrected chi connectivity index (χ3v) is 4.83. The van der Waals surface area contributed by atoms with Crippen molar-refractivity contribution in [1.29, 1.82) is 0 Å². The van der Waals surface area contributed by atoms with Crippen molar-refractivity contribution in [2.24, 2.45) is 11.7 Å². The maximum Gasteiger partial charge on any atom is 0.224 e. The molecule has 1 saturated carbocycles. The molecule has 3 heteroatoms. The van der Waals surface area contributed by atoms with Gasteiger partial charge < -0.3 is 11.1 Å². The van der Waals surface area contributed by atoms with E-state index in [4.69, 9.17) is 5.73 Å². The second-order valence-corrected chi connectivity index (χ2v) is 7.27. The average Bonchev–Trinajstić information content (AvgIpc) is 2.45. The Kier molecular flexibility index (Phi) is 4.72. The van der Waals surface area contributed by atoms with Crippen LogP contribution in [0.2, 0.25) is 0 Å². The van der Waals surface area contributed by atoms with Crippen molar-refractivity contribution in [2.75, 3.05) is 6.54 Å². The quantitative estimate of drug-likeness (QED) is 0.895. The van der Waals surface area contributed by atoms with Crippen molar-refractivity contribution in [1.82, 2.24) is 5.32 Å². The van der Waals surface area contributed by atoms with E-state index in [9.17, 15) is 4.79 Å². The molecule has 0 bridgehead atoms. The standard InChI is InChI=1S/C18H28N2O/c1-17(2,14-9-5-4-6-10-14)13-20-16(21)15-11-7-8-12-18(15,3)19/h4-6,9-10,15H,7-8,11-13,19H2,1-3H3,(H,20,21). The van der Waals surface area contributed by atoms with Gasteiger partial charge in [0.1, 0.15) is 0 Å². The highest BCUT2D eigenvalue weighted by Gasteiger charge is 2.38. The number of hydrogen-bond donors (Lipinski definition) is 2. The molecule has 0 saturated heterocycles. The first-order valence-electron chi connectivity index (χ1n) is 7.95. The molecular formula is C18H28N2O. The van der Waals surface area contributed by atoms with E-state index in [2.05, 4.69) is 31.3 Å². The normalized spacial score (nSPS) is 26.4. The van der Waals surface area contributed by atoms with Gasteiger partial charge in [-0.3, -0.25) is 4.79 Å². The predicted molar refractivity (Wildman–Crippen MR) is 87.0 cm³/mol. The van der Waals surface area contributed by atoms with Crippen molar-refractivity contribution in [3.8, 4) is 0 Å². The zero-order valence-electron chi connectivity index (χ0n) is 13.5. The van der Waals surface area contributed by atoms with Gasteiger partial charge in [-0.15, -0.1) is 0 Å². The Morgan fingerprint density at radius 2 is 2.00 bits per heavy atom. The number of hydrogen-bond acceptors (Lipinski definition) is 2. The summed E-state index contributed by atoms with van der Waals surface area (Å²) in [6, 6.07) is 10.3. The van der Waals surface area contributed by atoms with Crippen LogP contribution in [0.1, 0.15) is 52.0 Å². The molecule has 116 valence electrons. The lowest BCUT2D eigenvalue weighted by Gasteiger charge is -2.38. The molecule has 1 fully saturated rings. The van der Waals surface area contributed by atoms with E-state index < -0.39 is 0 Å². The first-order valence-corrected chi connectivity index (χ1v) is 7.95. The monoisotopic (exact) mass is 288 g/mol. The lowest BCUT2D eigenvalue weighted by Crippen LogP contribution is -2.54. The number of nitrogens with one attached hydrogen (secondary N) is 1. The summed E-state index contributed by atoms with van der Waals surface area (Å²) in [5.74, 6) is 0.0570. The van der Waals surface area contributed by atoms with E-state index in [0.717, 1.165) is 25.7 Å². The Bertz CT molecular complexity index is 479. The van der Waals surface area contributed by atoms with Crippen LogP contribution in [0.5, 0.6) is 0 Å². The molecule has 0 aliphatic heterocycles. The average molecular weight is 288 g/mol. The molecule has 21 heavy (non-hydrogen) atoms. The SMILES string of the molecule is CC(C)(CNC(=O)C1CCCCC1(C)N)c1ccccc1. The maximum absolute atomic E-state index is 12.5. The highest BCUT2D eigenvalue weighted by Crippen LogP contribution is 2.32. The Balaban J connectivity index is 1.97. The maximum atomic E-state index is 12.5. The Hall–Kier alpha value is -1.35. The highest BCUT2D eigenvalue weighted by atomic mass is 16.1. The third-order valence-electron chi connectivity index (χ3n) is 4.83. The number of carbonyl (C=O) groups is 1. The first kappa shape index (κ1) is 16.0. The Morgan fingerprint density at radius 1 is 1.33 bits per heavy atom. The summed E-state index contributed by atoms with van der Waals surface area (Å²) in [5, 5.41) is 3.13. The smallest absolute Gasteiger partial charge is 0.224 e. The summed E-state index contributed by atoms with van der Waals surface area (Å²) in [6.07, 6.45) is 4.08. The first-order chi connectivity index (χ1) is 9.83. The lowest BCUT2D eigenvalue weighted by atomic mass is 9.74. The summed E-state index contributed by atoms with van der Waals surface area (Å²) < 4.78 is 0. The van der Waals surface area contributed by atoms with Crippen molar-refractivity contribution >= 4 is 5.91 Å². The van der Waals surface area contributed by atoms with Gasteiger partial charge >= 0.3 is 0 Å². The van der Waals surface area contributed by atoms with Gasteiger partial charge in [0.2, 0.25) is 5.91 Å². The molecule has 1 amide bonds. The molecule has 1 aromatic rings. The number of nitrogens with two attached hydrogens (primary N) is 1. The molecule has 0 spiro atoms. The fourth-order valence-corrected chi connectivity index (χ4v) is 3.21. The molecule has 2 unspecified atom stereocenters. The number of carbonyl (C=O) groups excluding carboxylic acids is 1. The highest BCUT2D eigenvalue weighted by molar-refractivity contribution is 5.80. The van der Waals surface area contributed by atoms with Gasteiger partial charge in [-0.25, -0.2) is 0 Å². The van der Waals surface area contributed by atoms with E-state index in [-0.39, 0.29) is 22.8 Å². The van der Waals surface area contributed by atoms with Gasteiger partial charge in [0.25, 0.3) is 0 Å². The van der Waals surface area contributed by atoms with Gasteiger partial charge in [0.05, 0.1) is 5.92 Å². The van der Waals surface area contributed by atoms with Crippen molar-refractivity contribution < 1.29 is 4.79 Å². The second-order valence-electron chi connectivity index (χ2n) is 7.27. The molecule has 2 rings (SSSR count). The molecule has 1 aliphatic rings. The number of rotatable bonds is 4. The van der Waals surface area contributed by atoms with Crippen LogP contribution >= 0.6 is 0 Å². The van der Waals surface area contributed by atoms with Crippen LogP contribution in [-0.4, -0.2) is 18.0 Å². The minimum Gasteiger partial charge on any atom is -0.355 e. The van der Waals surface area contributed by atoms with Gasteiger partial charge in [-0.05, 0) is 25.3 Å². The number of benzene rings is 1. The van der Waals surface area contributed by atoms with Crippen molar-refractivity contribution in [3.63, 3.8) is 0 Å². The van der Waals surface area contributed by atoms with Crippen LogP contribution in [0.25, 0.3) is 0 Å². The molecular weight excluding hydrogens is 260 g/mol. The Morgan fingerprint density at radius 3 is 2.62 bits per heavy atom. The molecule has 0 heterocycles. The topological polar surface area (TPSA) is 55.1 Å². The van der Waals surface area contributed by atoms with E-state index in [1.54, 1.807) is 0 Å². The second kappa shape index (κ2) is 6.18. The van der Waals surface area contributed by atoms with E-state index in [1.807, 2.05) is 25.1 Å². The minimum atomic E-state index is -0.362. The molecule has 0 radical (unpaired) electrons. The van der Waals surface area contributed by atoms with Crippen LogP contribution in [0.15, 0.2) is 30.3 Å². The summed E-state index contributed by atoms with van der Waals surface area (Å²) in [5.41, 5.74) is 7.12. The van der Waals surface area contributed by atoms with Crippen LogP contribution < -0.4 is 11.1 Å². The summed E-state index contributed by atoms with van der Waals surface area (Å²) in [7, 11) is 0. The fourth-order valence-electron chi connectivity index (χ4n) is 3.21. The van der Waals surface area contributed by atoms with Crippen LogP contribution in [0.3, 0.4) is 0 Å². The molecule has 2 atom stereocenters. The van der Waals surface area contributed by atoms with Gasteiger partial charge in [-0.2, -0.15) is 0 Å². The summed E-state index contributed by atoms with van der Waals surface area (Å²) >= 11 is 0. The minimum absolute atomic E-state index is 0.0576. The predicted octanol–water partition coefficient (Wildman–Crippen LogP) is 2.99. The van der Waals surface area contributed by atoms with E-state index in [0.29, 0.717) is 6.54 Å². The molecule has 1 aromatic carbocycles. The molecule has 1 aliphatic carbocycles. The van der Waals surface area contributed by atoms with Gasteiger partial charge in [0, 0.05) is 17.5 Å². The molecule has 0 aromatic heterocycles. The third kappa shape index (κ3) is 3.85. The van der Waals surface area contributed by atoms with Crippen LogP contribution in [0, 0.1) is 5.92 Å². The van der Waals surface area contributed by atoms with E-state index >= 15 is 0 Å². The Labute approximate surface area is 128 Å². The van der Waals surface area contributed by atoms with Crippen molar-refractivity contribution in [2.45, 2.75) is 57.4 Å². The van der Waals surface area contributed by atoms with Crippen LogP contribution in [0.4, 0.5) is 0 Å². The van der Waals surface area contributed by atoms with E-state index in [1.165, 1.54) is 5.56 Å². The zero-order valence-corrected chi connectivity index (χ0v) is 13.5. The summed E-state index contributed by atoms with van der Waals surface area (Å²) in [4.78, 5) is 12.5. The van der Waals surface area contributed by atoms with Crippen LogP contribution in [-0.2, 0) is 10.2 Å². The lowest BCUT2D eigenvalue weighted by molar-refractivity contribution is -0.128. The molecule has 3 nitrogen and oxygen atoms in total. The number of amides is 1. The van der Waals surface area contributed by atoms with Gasteiger partial charge in [-0.1, -0.05) is 57.0 Å². The summed E-state index contributed by atoms with van der Waals surface area (Å²) in [6.45, 7) is 6.97. The van der Waals surface area contributed by atoms with Gasteiger partial charge in [0.15, 0.2) is 0 Å². The zero-order chi connectivity index (χ0) is 15.5. The largest absolute Gasteiger partial charge is 0.355 e. The fraction of sp³-hybridized carbons (Fsp3) is 0.611. The molecule has 3 N–H and O–H groups in total. The van der Waals surface area contributed by atoms with Crippen molar-refractivity contribution in [3.05, 3.63) is 35.9 Å².